The van der Waals surface area contributed by atoms with Crippen LogP contribution >= 0.6 is 34.8 Å². The molecular weight excluding hydrogens is 1410 g/mol. The maximum atomic E-state index is 13.9. The first-order valence-electron chi connectivity index (χ1n) is 30.2. The summed E-state index contributed by atoms with van der Waals surface area (Å²) in [5.74, 6) is -14.8. The molecule has 5 aliphatic heterocycles. The third-order valence-corrected chi connectivity index (χ3v) is 14.9. The summed E-state index contributed by atoms with van der Waals surface area (Å²) in [6.45, 7) is 11.8. The lowest BCUT2D eigenvalue weighted by Crippen LogP contribution is -2.72. The Morgan fingerprint density at radius 1 is 0.343 bits per heavy atom. The van der Waals surface area contributed by atoms with Crippen molar-refractivity contribution in [2.75, 3.05) is 19.8 Å². The van der Waals surface area contributed by atoms with Gasteiger partial charge in [0.05, 0.1) is 18.8 Å². The lowest BCUT2D eigenvalue weighted by atomic mass is 9.93. The van der Waals surface area contributed by atoms with E-state index in [1.165, 1.54) is 13.8 Å². The molecule has 1 amide bonds. The Morgan fingerprint density at radius 2 is 0.626 bits per heavy atom. The fraction of sp³-hybridized carbons (Fsp3) is 0.759. The predicted molar refractivity (Wildman–Crippen MR) is 317 cm³/mol. The number of hydrogen-bond acceptors (Lipinski definition) is 37. The van der Waals surface area contributed by atoms with Crippen LogP contribution in [0.5, 0.6) is 0 Å². The van der Waals surface area contributed by atoms with Crippen molar-refractivity contribution in [3.05, 3.63) is 0 Å². The van der Waals surface area contributed by atoms with Crippen molar-refractivity contribution in [2.45, 2.75) is 261 Å². The third-order valence-electron chi connectivity index (χ3n) is 14.4. The molecule has 5 fully saturated rings. The van der Waals surface area contributed by atoms with Gasteiger partial charge in [0.25, 0.3) is 3.79 Å². The molecule has 0 aliphatic carbocycles. The molecular formula is C58H79Cl3N2O36. The van der Waals surface area contributed by atoms with Crippen molar-refractivity contribution >= 4 is 118 Å². The minimum Gasteiger partial charge on any atom is -0.463 e. The molecule has 5 aliphatic rings. The van der Waals surface area contributed by atoms with Crippen LogP contribution in [0, 0.1) is 5.41 Å². The van der Waals surface area contributed by atoms with Crippen molar-refractivity contribution in [3.8, 4) is 0 Å². The highest BCUT2D eigenvalue weighted by Gasteiger charge is 2.62. The van der Waals surface area contributed by atoms with Crippen LogP contribution in [0.1, 0.15) is 104 Å². The number of carbonyl (C=O) groups excluding carboxylic acids is 13. The van der Waals surface area contributed by atoms with E-state index in [-0.39, 0.29) is 0 Å². The van der Waals surface area contributed by atoms with Gasteiger partial charge in [0.2, 0.25) is 24.2 Å². The first-order valence-corrected chi connectivity index (χ1v) is 31.3. The maximum absolute atomic E-state index is 13.9. The van der Waals surface area contributed by atoms with E-state index in [9.17, 15) is 67.4 Å². The van der Waals surface area contributed by atoms with E-state index < -0.39 is 261 Å². The summed E-state index contributed by atoms with van der Waals surface area (Å²) in [7, 11) is 0. The molecule has 5 saturated heterocycles. The van der Waals surface area contributed by atoms with Crippen LogP contribution < -0.4 is 5.32 Å². The Labute approximate surface area is 579 Å². The summed E-state index contributed by atoms with van der Waals surface area (Å²) in [5, 5.41) is 22.5. The lowest BCUT2D eigenvalue weighted by molar-refractivity contribution is -0.390. The van der Waals surface area contributed by atoms with E-state index in [2.05, 4.69) is 5.32 Å². The number of alkyl halides is 3. The summed E-state index contributed by atoms with van der Waals surface area (Å²) < 4.78 is 128. The lowest BCUT2D eigenvalue weighted by Gasteiger charge is -2.52. The molecule has 0 bridgehead atoms. The maximum Gasteiger partial charge on any atom is 0.303 e. The summed E-state index contributed by atoms with van der Waals surface area (Å²) in [5.41, 5.74) is 0. The van der Waals surface area contributed by atoms with Crippen LogP contribution in [0.3, 0.4) is 0 Å². The molecule has 99 heavy (non-hydrogen) atoms. The van der Waals surface area contributed by atoms with Crippen LogP contribution in [-0.2, 0) is 167 Å². The fourth-order valence-corrected chi connectivity index (χ4v) is 11.2. The average molecular weight is 1490 g/mol. The van der Waals surface area contributed by atoms with Crippen LogP contribution in [0.4, 0.5) is 0 Å². The zero-order chi connectivity index (χ0) is 74.4. The van der Waals surface area contributed by atoms with Gasteiger partial charge in [-0.2, -0.15) is 0 Å². The SMILES string of the molecule is CC(=O)N[C@H]1[C@H](O[C@H]2[C@@H](OC(C)=O)[C@@H](COC(C)=O)O[C@@H](O[C@H]3[C@H](OC(C)=O)[C@@H](OC(C)=O)[C@@H](OC(=N)C(Cl)(Cl)Cl)O[C@@H]3COC(C)=O)[C@@H]2OC(C)=O)O[C@H](CO)[C@@H](O[C@@H]2O[C@H](C)[C@H](OC(C)=O)[C@H](OC(C)=O)[C@H]2OC(C)=O)[C@@H]1O[C@@H]1O[C@@H](C)[C@@H](OC(C)=O)[C@@H](OC(C)=O)[C@@H]1OC(C)=O. The second-order valence-corrected chi connectivity index (χ2v) is 24.9. The molecule has 25 atom stereocenters. The minimum absolute atomic E-state index is 0.857. The molecule has 0 aromatic carbocycles. The standard InChI is InChI=1S/C58H79Cl3N2O36/c1-19-38(82-24(6)68)44(85-27(9)71)48(88-30(12)74)53(80-19)95-40-34(16-64)92-52(37(63-21(3)65)43(40)97-54-49(89-31(13)75)45(86-28(10)72)39(20(2)81-54)83-25(7)69)98-47-41(84-26(8)70)35(17-78-22(4)66)93-55(51(47)91-33(15)77)96-42-36(18-79-23(5)67)94-56(99-57(62)58(59,60)61)50(90-32(14)76)46(42)87-29(11)73/h19-20,34-56,62,64H,16-18H2,1-15H3,(H,63,65)/t19-,20+,34-,35-,36-,37-,38+,39-,40-,41+,42-,43-,44+,45-,46+,47+,48-,49+,50-,51-,52+,53+,54+,55+,56-/m1/s1. The van der Waals surface area contributed by atoms with Gasteiger partial charge in [0.1, 0.15) is 62.0 Å². The first kappa shape index (κ1) is 82.7. The fourth-order valence-electron chi connectivity index (χ4n) is 11.1. The highest BCUT2D eigenvalue weighted by atomic mass is 35.6. The number of ether oxygens (including phenoxy) is 22. The van der Waals surface area contributed by atoms with Gasteiger partial charge >= 0.3 is 71.6 Å². The van der Waals surface area contributed by atoms with Crippen molar-refractivity contribution in [3.63, 3.8) is 0 Å². The summed E-state index contributed by atoms with van der Waals surface area (Å²) in [6.07, 6.45) is -46.7. The molecule has 0 saturated carbocycles. The summed E-state index contributed by atoms with van der Waals surface area (Å²) in [4.78, 5) is 169. The first-order chi connectivity index (χ1) is 46.1. The van der Waals surface area contributed by atoms with E-state index in [1.807, 2.05) is 0 Å². The Balaban J connectivity index is 1.84. The second-order valence-electron chi connectivity index (χ2n) is 22.7. The average Bonchev–Trinajstić information content (AvgIpc) is 0.754. The Hall–Kier alpha value is -6.95. The number of amides is 1. The second kappa shape index (κ2) is 36.6. The molecule has 3 N–H and O–H groups in total. The number of aliphatic hydroxyl groups excluding tert-OH is 1. The van der Waals surface area contributed by atoms with E-state index in [0.29, 0.717) is 0 Å². The van der Waals surface area contributed by atoms with Crippen molar-refractivity contribution < 1.29 is 172 Å². The monoisotopic (exact) mass is 1480 g/mol. The van der Waals surface area contributed by atoms with E-state index >= 15 is 0 Å². The predicted octanol–water partition coefficient (Wildman–Crippen LogP) is -0.504. The van der Waals surface area contributed by atoms with Gasteiger partial charge in [-0.25, -0.2) is 0 Å². The van der Waals surface area contributed by atoms with E-state index in [1.54, 1.807) is 0 Å². The number of aliphatic hydroxyl groups is 1. The van der Waals surface area contributed by atoms with Crippen LogP contribution in [-0.4, -0.2) is 266 Å². The number of nitrogens with one attached hydrogen (secondary N) is 2. The normalized spacial score (nSPS) is 34.4. The highest BCUT2D eigenvalue weighted by molar-refractivity contribution is 6.76. The molecule has 558 valence electrons. The zero-order valence-electron chi connectivity index (χ0n) is 55.9. The molecule has 0 aromatic heterocycles. The zero-order valence-corrected chi connectivity index (χ0v) is 58.2. The molecule has 5 rings (SSSR count). The van der Waals surface area contributed by atoms with Crippen LogP contribution in [0.15, 0.2) is 0 Å². The number of hydrogen-bond donors (Lipinski definition) is 3. The third kappa shape index (κ3) is 23.6. The molecule has 0 radical (unpaired) electrons. The van der Waals surface area contributed by atoms with Crippen molar-refractivity contribution in [2.24, 2.45) is 0 Å². The number of rotatable bonds is 25. The Kier molecular flexibility index (Phi) is 30.6. The van der Waals surface area contributed by atoms with Gasteiger partial charge in [-0.3, -0.25) is 67.7 Å². The summed E-state index contributed by atoms with van der Waals surface area (Å²) in [6, 6.07) is -2.07. The van der Waals surface area contributed by atoms with Gasteiger partial charge in [-0.1, -0.05) is 34.8 Å². The topological polar surface area (TPSA) is 481 Å². The van der Waals surface area contributed by atoms with Gasteiger partial charge < -0.3 is 115 Å². The van der Waals surface area contributed by atoms with Crippen molar-refractivity contribution in [1.29, 1.82) is 5.41 Å². The quantitative estimate of drug-likeness (QED) is 0.0341. The van der Waals surface area contributed by atoms with Gasteiger partial charge in [-0.15, -0.1) is 0 Å². The molecule has 0 unspecified atom stereocenters. The number of esters is 12. The highest BCUT2D eigenvalue weighted by Crippen LogP contribution is 2.42. The summed E-state index contributed by atoms with van der Waals surface area (Å²) >= 11 is 17.8. The molecule has 5 heterocycles. The van der Waals surface area contributed by atoms with Crippen LogP contribution in [0.25, 0.3) is 0 Å². The number of carbonyl (C=O) groups is 13. The Morgan fingerprint density at radius 3 is 0.990 bits per heavy atom. The largest absolute Gasteiger partial charge is 0.463 e. The van der Waals surface area contributed by atoms with Gasteiger partial charge in [0.15, 0.2) is 80.1 Å². The smallest absolute Gasteiger partial charge is 0.303 e. The minimum atomic E-state index is -2.63. The van der Waals surface area contributed by atoms with E-state index in [4.69, 9.17) is 144 Å². The van der Waals surface area contributed by atoms with E-state index in [0.717, 1.165) is 90.0 Å². The molecule has 41 heteroatoms. The van der Waals surface area contributed by atoms with Crippen LogP contribution in [0.2, 0.25) is 0 Å². The molecule has 0 aromatic rings. The number of halogens is 3. The van der Waals surface area contributed by atoms with Gasteiger partial charge in [0, 0.05) is 90.0 Å². The van der Waals surface area contributed by atoms with Crippen molar-refractivity contribution in [1.82, 2.24) is 5.32 Å². The molecule has 0 spiro atoms. The molecule has 38 nitrogen and oxygen atoms in total. The Bertz CT molecular complexity index is 2950. The van der Waals surface area contributed by atoms with Gasteiger partial charge in [-0.05, 0) is 13.8 Å².